The Bertz CT molecular complexity index is 818. The van der Waals surface area contributed by atoms with Gasteiger partial charge in [-0.3, -0.25) is 9.89 Å². The smallest absolute Gasteiger partial charge is 0.240 e. The molecule has 0 spiro atoms. The highest BCUT2D eigenvalue weighted by atomic mass is 32.2. The molecule has 0 atom stereocenters. The first kappa shape index (κ1) is 18.9. The average molecular weight is 396 g/mol. The van der Waals surface area contributed by atoms with E-state index < -0.39 is 10.0 Å². The minimum atomic E-state index is -3.42. The summed E-state index contributed by atoms with van der Waals surface area (Å²) >= 11 is 1.49. The van der Waals surface area contributed by atoms with Crippen LogP contribution in [0.3, 0.4) is 0 Å². The third kappa shape index (κ3) is 5.82. The fourth-order valence-electron chi connectivity index (χ4n) is 2.27. The Morgan fingerprint density at radius 1 is 1.27 bits per heavy atom. The van der Waals surface area contributed by atoms with E-state index >= 15 is 0 Å². The molecule has 1 aromatic heterocycles. The highest BCUT2D eigenvalue weighted by Crippen LogP contribution is 2.22. The van der Waals surface area contributed by atoms with Crippen LogP contribution in [0, 0.1) is 0 Å². The molecule has 1 fully saturated rings. The number of carbonyl (C=O) groups excluding carboxylic acids is 1. The van der Waals surface area contributed by atoms with E-state index in [1.54, 1.807) is 24.3 Å². The molecule has 1 aliphatic carbocycles. The summed E-state index contributed by atoms with van der Waals surface area (Å²) in [6.07, 6.45) is 4.18. The quantitative estimate of drug-likeness (QED) is 0.409. The Morgan fingerprint density at radius 3 is 2.69 bits per heavy atom. The minimum Gasteiger partial charge on any atom is -0.355 e. The summed E-state index contributed by atoms with van der Waals surface area (Å²) in [5.74, 6) is 0.678. The molecule has 0 radical (unpaired) electrons. The van der Waals surface area contributed by atoms with Crippen molar-refractivity contribution < 1.29 is 13.2 Å². The number of benzene rings is 1. The van der Waals surface area contributed by atoms with E-state index in [1.165, 1.54) is 18.1 Å². The van der Waals surface area contributed by atoms with Crippen LogP contribution in [0.5, 0.6) is 0 Å². The zero-order chi connectivity index (χ0) is 18.4. The van der Waals surface area contributed by atoms with Crippen LogP contribution in [0.15, 0.2) is 40.6 Å². The number of hydrogen-bond acceptors (Lipinski definition) is 6. The number of rotatable bonds is 10. The number of H-pyrrole nitrogens is 1. The molecule has 1 amide bonds. The van der Waals surface area contributed by atoms with Gasteiger partial charge < -0.3 is 5.32 Å². The number of aromatic amines is 1. The van der Waals surface area contributed by atoms with Crippen molar-refractivity contribution in [2.75, 3.05) is 12.3 Å². The fourth-order valence-corrected chi connectivity index (χ4v) is 4.21. The summed E-state index contributed by atoms with van der Waals surface area (Å²) in [5.41, 5.74) is 0.932. The van der Waals surface area contributed by atoms with Gasteiger partial charge >= 0.3 is 0 Å². The first-order chi connectivity index (χ1) is 12.5. The van der Waals surface area contributed by atoms with E-state index in [9.17, 15) is 13.2 Å². The lowest BCUT2D eigenvalue weighted by Gasteiger charge is -2.07. The first-order valence-corrected chi connectivity index (χ1v) is 10.9. The van der Waals surface area contributed by atoms with Crippen LogP contribution >= 0.6 is 11.8 Å². The maximum absolute atomic E-state index is 12.1. The molecule has 3 rings (SSSR count). The second-order valence-electron chi connectivity index (χ2n) is 6.03. The molecule has 1 heterocycles. The van der Waals surface area contributed by atoms with Crippen LogP contribution in [-0.2, 0) is 21.2 Å². The molecule has 1 saturated carbocycles. The van der Waals surface area contributed by atoms with Gasteiger partial charge in [-0.1, -0.05) is 23.9 Å². The highest BCUT2D eigenvalue weighted by Gasteiger charge is 2.27. The van der Waals surface area contributed by atoms with Gasteiger partial charge in [0.15, 0.2) is 5.16 Å². The van der Waals surface area contributed by atoms with Crippen molar-refractivity contribution in [1.29, 1.82) is 0 Å². The lowest BCUT2D eigenvalue weighted by molar-refractivity contribution is -0.120. The maximum atomic E-state index is 12.1. The number of aryl methyl sites for hydroxylation is 1. The van der Waals surface area contributed by atoms with Crippen molar-refractivity contribution in [2.45, 2.75) is 41.8 Å². The fraction of sp³-hybridized carbons (Fsp3) is 0.438. The lowest BCUT2D eigenvalue weighted by atomic mass is 10.1. The lowest BCUT2D eigenvalue weighted by Crippen LogP contribution is -2.26. The molecule has 0 bridgehead atoms. The van der Waals surface area contributed by atoms with Crippen LogP contribution < -0.4 is 10.0 Å². The van der Waals surface area contributed by atoms with Crippen LogP contribution in [0.25, 0.3) is 0 Å². The Morgan fingerprint density at radius 2 is 2.04 bits per heavy atom. The number of hydrogen-bond donors (Lipinski definition) is 3. The van der Waals surface area contributed by atoms with Gasteiger partial charge in [-0.05, 0) is 37.0 Å². The topological polar surface area (TPSA) is 117 Å². The van der Waals surface area contributed by atoms with Crippen molar-refractivity contribution in [3.05, 3.63) is 36.2 Å². The summed E-state index contributed by atoms with van der Waals surface area (Å²) in [7, 11) is -3.42. The molecular formula is C16H21N5O3S2. The summed E-state index contributed by atoms with van der Waals surface area (Å²) in [6.45, 7) is 0.550. The summed E-state index contributed by atoms with van der Waals surface area (Å²) in [6, 6.07) is 6.78. The van der Waals surface area contributed by atoms with E-state index in [2.05, 4.69) is 25.2 Å². The standard InChI is InChI=1S/C16H21N5O3S2/c22-15(17-9-10-25-16-18-11-19-20-16)8-3-12-1-6-14(7-2-12)26(23,24)21-13-4-5-13/h1-2,6-7,11,13,21H,3-5,8-10H2,(H,17,22)(H,18,19,20). The van der Waals surface area contributed by atoms with E-state index in [4.69, 9.17) is 0 Å². The Balaban J connectivity index is 1.37. The summed E-state index contributed by atoms with van der Waals surface area (Å²) < 4.78 is 26.9. The SMILES string of the molecule is O=C(CCc1ccc(S(=O)(=O)NC2CC2)cc1)NCCSc1ncn[nH]1. The number of thioether (sulfide) groups is 1. The molecule has 10 heteroatoms. The third-order valence-corrected chi connectivity index (χ3v) is 6.24. The molecule has 3 N–H and O–H groups in total. The zero-order valence-electron chi connectivity index (χ0n) is 14.1. The molecular weight excluding hydrogens is 374 g/mol. The first-order valence-electron chi connectivity index (χ1n) is 8.39. The van der Waals surface area contributed by atoms with Gasteiger partial charge in [0, 0.05) is 24.8 Å². The Labute approximate surface area is 156 Å². The number of sulfonamides is 1. The van der Waals surface area contributed by atoms with E-state index in [1.807, 2.05) is 0 Å². The molecule has 8 nitrogen and oxygen atoms in total. The Kier molecular flexibility index (Phi) is 6.28. The zero-order valence-corrected chi connectivity index (χ0v) is 15.8. The predicted molar refractivity (Wildman–Crippen MR) is 98.2 cm³/mol. The molecule has 0 aliphatic heterocycles. The maximum Gasteiger partial charge on any atom is 0.240 e. The van der Waals surface area contributed by atoms with E-state index in [-0.39, 0.29) is 16.8 Å². The van der Waals surface area contributed by atoms with Crippen LogP contribution in [0.4, 0.5) is 0 Å². The van der Waals surface area contributed by atoms with Crippen LogP contribution in [0.2, 0.25) is 0 Å². The van der Waals surface area contributed by atoms with Gasteiger partial charge in [-0.2, -0.15) is 5.10 Å². The number of amides is 1. The van der Waals surface area contributed by atoms with Gasteiger partial charge in [0.25, 0.3) is 0 Å². The molecule has 140 valence electrons. The molecule has 2 aromatic rings. The largest absolute Gasteiger partial charge is 0.355 e. The summed E-state index contributed by atoms with van der Waals surface area (Å²) in [5, 5.41) is 10.1. The van der Waals surface area contributed by atoms with Crippen molar-refractivity contribution in [1.82, 2.24) is 25.2 Å². The molecule has 1 aliphatic rings. The Hall–Kier alpha value is -1.91. The highest BCUT2D eigenvalue weighted by molar-refractivity contribution is 7.99. The van der Waals surface area contributed by atoms with Gasteiger partial charge in [0.05, 0.1) is 4.90 Å². The van der Waals surface area contributed by atoms with Crippen molar-refractivity contribution >= 4 is 27.7 Å². The third-order valence-electron chi connectivity index (χ3n) is 3.83. The predicted octanol–water partition coefficient (Wildman–Crippen LogP) is 1.09. The molecule has 1 aromatic carbocycles. The number of aromatic nitrogens is 3. The number of nitrogens with zero attached hydrogens (tertiary/aromatic N) is 2. The van der Waals surface area contributed by atoms with E-state index in [0.717, 1.165) is 23.6 Å². The van der Waals surface area contributed by atoms with Crippen molar-refractivity contribution in [2.24, 2.45) is 0 Å². The number of carbonyl (C=O) groups is 1. The average Bonchev–Trinajstić information content (AvgIpc) is 3.27. The van der Waals surface area contributed by atoms with Crippen LogP contribution in [-0.4, -0.2) is 47.8 Å². The minimum absolute atomic E-state index is 0.0322. The molecule has 0 unspecified atom stereocenters. The van der Waals surface area contributed by atoms with Gasteiger partial charge in [-0.15, -0.1) is 0 Å². The van der Waals surface area contributed by atoms with Gasteiger partial charge in [-0.25, -0.2) is 18.1 Å². The summed E-state index contributed by atoms with van der Waals surface area (Å²) in [4.78, 5) is 16.1. The second-order valence-corrected chi connectivity index (χ2v) is 8.83. The van der Waals surface area contributed by atoms with Crippen molar-refractivity contribution in [3.8, 4) is 0 Å². The van der Waals surface area contributed by atoms with Crippen LogP contribution in [0.1, 0.15) is 24.8 Å². The van der Waals surface area contributed by atoms with E-state index in [0.29, 0.717) is 25.1 Å². The van der Waals surface area contributed by atoms with Gasteiger partial charge in [0.2, 0.25) is 15.9 Å². The van der Waals surface area contributed by atoms with Gasteiger partial charge in [0.1, 0.15) is 6.33 Å². The number of nitrogens with one attached hydrogen (secondary N) is 3. The second kappa shape index (κ2) is 8.65. The molecule has 0 saturated heterocycles. The normalized spacial score (nSPS) is 14.3. The molecule has 26 heavy (non-hydrogen) atoms. The monoisotopic (exact) mass is 395 g/mol. The van der Waals surface area contributed by atoms with Crippen molar-refractivity contribution in [3.63, 3.8) is 0 Å².